The Morgan fingerprint density at radius 3 is 2.47 bits per heavy atom. The third-order valence-electron chi connectivity index (χ3n) is 6.88. The van der Waals surface area contributed by atoms with Crippen LogP contribution in [0.15, 0.2) is 107 Å². The van der Waals surface area contributed by atoms with Gasteiger partial charge < -0.3 is 19.2 Å². The second kappa shape index (κ2) is 9.19. The molecular weight excluding hydrogens is 485 g/mol. The number of aliphatic hydroxyl groups excluding tert-OH is 1. The minimum Gasteiger partial charge on any atom is -0.503 e. The number of halogens is 1. The van der Waals surface area contributed by atoms with Gasteiger partial charge in [-0.05, 0) is 46.2 Å². The average molecular weight is 508 g/mol. The zero-order valence-corrected chi connectivity index (χ0v) is 20.4. The summed E-state index contributed by atoms with van der Waals surface area (Å²) in [5, 5.41) is 13.5. The van der Waals surface area contributed by atoms with Gasteiger partial charge in [0.1, 0.15) is 5.82 Å². The van der Waals surface area contributed by atoms with Crippen molar-refractivity contribution in [1.82, 2.24) is 4.90 Å². The number of ketones is 1. The number of aliphatic hydroxyl groups is 1. The Labute approximate surface area is 217 Å². The molecule has 0 spiro atoms. The standard InChI is InChI=1S/C31H22FNO5/c1-37-24-11-5-8-20-16-25(38-30(20)24)28(34)26-27(23-10-4-7-19-6-2-3-9-22(19)23)33(31(36)29(26)35)17-18-12-14-21(32)15-13-18/h2-16,27,35H,17H2,1H3. The first kappa shape index (κ1) is 23.5. The Balaban J connectivity index is 1.51. The number of benzene rings is 4. The molecule has 6 nitrogen and oxygen atoms in total. The zero-order chi connectivity index (χ0) is 26.4. The summed E-state index contributed by atoms with van der Waals surface area (Å²) in [5.74, 6) is -1.89. The van der Waals surface area contributed by atoms with E-state index in [0.29, 0.717) is 27.8 Å². The molecule has 7 heteroatoms. The summed E-state index contributed by atoms with van der Waals surface area (Å²) in [7, 11) is 1.51. The van der Waals surface area contributed by atoms with E-state index >= 15 is 0 Å². The Hall–Kier alpha value is -4.91. The summed E-state index contributed by atoms with van der Waals surface area (Å²) in [4.78, 5) is 28.8. The van der Waals surface area contributed by atoms with Crippen LogP contribution in [0.3, 0.4) is 0 Å². The molecule has 1 atom stereocenters. The van der Waals surface area contributed by atoms with E-state index in [0.717, 1.165) is 10.8 Å². The molecule has 1 aromatic heterocycles. The smallest absolute Gasteiger partial charge is 0.290 e. The molecule has 1 aliphatic heterocycles. The van der Waals surface area contributed by atoms with Gasteiger partial charge in [-0.2, -0.15) is 0 Å². The van der Waals surface area contributed by atoms with Crippen LogP contribution in [-0.4, -0.2) is 28.8 Å². The summed E-state index contributed by atoms with van der Waals surface area (Å²) in [6.07, 6.45) is 0. The van der Waals surface area contributed by atoms with Crippen molar-refractivity contribution in [1.29, 1.82) is 0 Å². The molecule has 6 rings (SSSR count). The molecule has 1 unspecified atom stereocenters. The Morgan fingerprint density at radius 2 is 1.68 bits per heavy atom. The molecule has 2 heterocycles. The number of furan rings is 1. The molecule has 1 N–H and O–H groups in total. The van der Waals surface area contributed by atoms with E-state index in [4.69, 9.17) is 9.15 Å². The van der Waals surface area contributed by atoms with Crippen molar-refractivity contribution in [2.24, 2.45) is 0 Å². The number of amides is 1. The quantitative estimate of drug-likeness (QED) is 0.265. The van der Waals surface area contributed by atoms with Crippen LogP contribution < -0.4 is 4.74 Å². The number of carbonyl (C=O) groups excluding carboxylic acids is 2. The number of Topliss-reactive ketones (excluding diaryl/α,β-unsaturated/α-hetero) is 1. The molecule has 4 aromatic carbocycles. The minimum absolute atomic E-state index is 0.0206. The van der Waals surface area contributed by atoms with Crippen LogP contribution in [-0.2, 0) is 11.3 Å². The van der Waals surface area contributed by atoms with E-state index in [2.05, 4.69) is 0 Å². The summed E-state index contributed by atoms with van der Waals surface area (Å²) in [6.45, 7) is 0.0573. The number of nitrogens with zero attached hydrogens (tertiary/aromatic N) is 1. The summed E-state index contributed by atoms with van der Waals surface area (Å²) in [5.41, 5.74) is 1.65. The van der Waals surface area contributed by atoms with Crippen molar-refractivity contribution < 1.29 is 28.2 Å². The fraction of sp³-hybridized carbons (Fsp3) is 0.0968. The summed E-state index contributed by atoms with van der Waals surface area (Å²) < 4.78 is 24.8. The number of rotatable bonds is 6. The van der Waals surface area contributed by atoms with Crippen LogP contribution >= 0.6 is 0 Å². The SMILES string of the molecule is COc1cccc2cc(C(=O)C3=C(O)C(=O)N(Cc4ccc(F)cc4)C3c3cccc4ccccc34)oc12. The fourth-order valence-electron chi connectivity index (χ4n) is 5.09. The molecule has 0 fully saturated rings. The van der Waals surface area contributed by atoms with E-state index in [9.17, 15) is 19.1 Å². The summed E-state index contributed by atoms with van der Waals surface area (Å²) in [6, 6.07) is 25.0. The molecule has 5 aromatic rings. The lowest BCUT2D eigenvalue weighted by atomic mass is 9.91. The van der Waals surface area contributed by atoms with Crippen molar-refractivity contribution in [3.63, 3.8) is 0 Å². The lowest BCUT2D eigenvalue weighted by Gasteiger charge is -2.28. The van der Waals surface area contributed by atoms with Crippen LogP contribution in [0.5, 0.6) is 5.75 Å². The number of ether oxygens (including phenoxy) is 1. The first-order valence-corrected chi connectivity index (χ1v) is 12.0. The lowest BCUT2D eigenvalue weighted by molar-refractivity contribution is -0.130. The van der Waals surface area contributed by atoms with Crippen molar-refractivity contribution in [3.05, 3.63) is 125 Å². The molecule has 1 aliphatic rings. The van der Waals surface area contributed by atoms with E-state index in [1.165, 1.54) is 24.1 Å². The molecule has 38 heavy (non-hydrogen) atoms. The van der Waals surface area contributed by atoms with Gasteiger partial charge >= 0.3 is 0 Å². The molecule has 0 saturated heterocycles. The van der Waals surface area contributed by atoms with Gasteiger partial charge in [-0.3, -0.25) is 9.59 Å². The van der Waals surface area contributed by atoms with Gasteiger partial charge in [-0.25, -0.2) is 4.39 Å². The molecule has 0 aliphatic carbocycles. The third-order valence-corrected chi connectivity index (χ3v) is 6.88. The van der Waals surface area contributed by atoms with Gasteiger partial charge in [0.15, 0.2) is 22.9 Å². The highest BCUT2D eigenvalue weighted by atomic mass is 19.1. The third kappa shape index (κ3) is 3.80. The number of fused-ring (bicyclic) bond motifs is 2. The van der Waals surface area contributed by atoms with Gasteiger partial charge in [-0.1, -0.05) is 66.7 Å². The van der Waals surface area contributed by atoms with E-state index in [1.807, 2.05) is 42.5 Å². The van der Waals surface area contributed by atoms with Gasteiger partial charge in [0, 0.05) is 11.9 Å². The number of carbonyl (C=O) groups is 2. The van der Waals surface area contributed by atoms with Crippen LogP contribution in [0.1, 0.15) is 27.7 Å². The van der Waals surface area contributed by atoms with Gasteiger partial charge in [0.25, 0.3) is 5.91 Å². The van der Waals surface area contributed by atoms with Crippen molar-refractivity contribution in [2.45, 2.75) is 12.6 Å². The first-order chi connectivity index (χ1) is 18.5. The molecule has 0 radical (unpaired) electrons. The maximum Gasteiger partial charge on any atom is 0.290 e. The van der Waals surface area contributed by atoms with Gasteiger partial charge in [0.05, 0.1) is 18.7 Å². The number of methoxy groups -OCH3 is 1. The monoisotopic (exact) mass is 507 g/mol. The second-order valence-corrected chi connectivity index (χ2v) is 9.11. The highest BCUT2D eigenvalue weighted by Gasteiger charge is 2.45. The van der Waals surface area contributed by atoms with Crippen LogP contribution in [0.2, 0.25) is 0 Å². The molecular formula is C31H22FNO5. The predicted molar refractivity (Wildman–Crippen MR) is 140 cm³/mol. The fourth-order valence-corrected chi connectivity index (χ4v) is 5.09. The Morgan fingerprint density at radius 1 is 0.974 bits per heavy atom. The number of hydrogen-bond donors (Lipinski definition) is 1. The molecule has 0 bridgehead atoms. The van der Waals surface area contributed by atoms with Gasteiger partial charge in [-0.15, -0.1) is 0 Å². The number of hydrogen-bond acceptors (Lipinski definition) is 5. The largest absolute Gasteiger partial charge is 0.503 e. The van der Waals surface area contributed by atoms with Crippen molar-refractivity contribution >= 4 is 33.4 Å². The first-order valence-electron chi connectivity index (χ1n) is 12.0. The maximum absolute atomic E-state index is 14.0. The van der Waals surface area contributed by atoms with E-state index < -0.39 is 29.3 Å². The summed E-state index contributed by atoms with van der Waals surface area (Å²) >= 11 is 0. The second-order valence-electron chi connectivity index (χ2n) is 9.11. The van der Waals surface area contributed by atoms with E-state index in [1.54, 1.807) is 36.4 Å². The minimum atomic E-state index is -0.902. The van der Waals surface area contributed by atoms with Crippen molar-refractivity contribution in [2.75, 3.05) is 7.11 Å². The molecule has 0 saturated carbocycles. The lowest BCUT2D eigenvalue weighted by Crippen LogP contribution is -2.30. The predicted octanol–water partition coefficient (Wildman–Crippen LogP) is 6.51. The highest BCUT2D eigenvalue weighted by molar-refractivity contribution is 6.16. The van der Waals surface area contributed by atoms with Crippen LogP contribution in [0, 0.1) is 5.82 Å². The van der Waals surface area contributed by atoms with Crippen molar-refractivity contribution in [3.8, 4) is 5.75 Å². The maximum atomic E-state index is 14.0. The Bertz CT molecular complexity index is 1750. The average Bonchev–Trinajstić information content (AvgIpc) is 3.49. The highest BCUT2D eigenvalue weighted by Crippen LogP contribution is 2.43. The van der Waals surface area contributed by atoms with Gasteiger partial charge in [0.2, 0.25) is 5.78 Å². The van der Waals surface area contributed by atoms with Crippen LogP contribution in [0.4, 0.5) is 4.39 Å². The Kier molecular flexibility index (Phi) is 5.68. The van der Waals surface area contributed by atoms with E-state index in [-0.39, 0.29) is 17.9 Å². The molecule has 1 amide bonds. The topological polar surface area (TPSA) is 80.0 Å². The van der Waals surface area contributed by atoms with Crippen LogP contribution in [0.25, 0.3) is 21.7 Å². The normalized spacial score (nSPS) is 15.6. The number of para-hydroxylation sites is 1. The zero-order valence-electron chi connectivity index (χ0n) is 20.4. The molecule has 188 valence electrons.